The molecule has 0 atom stereocenters. The second-order valence-electron chi connectivity index (χ2n) is 6.22. The van der Waals surface area contributed by atoms with Crippen molar-refractivity contribution in [1.29, 1.82) is 0 Å². The van der Waals surface area contributed by atoms with Crippen LogP contribution >= 0.6 is 11.8 Å². The maximum atomic E-state index is 11.5. The van der Waals surface area contributed by atoms with E-state index in [9.17, 15) is 4.79 Å². The van der Waals surface area contributed by atoms with Crippen LogP contribution in [0.25, 0.3) is 11.1 Å². The Bertz CT molecular complexity index is 996. The van der Waals surface area contributed by atoms with E-state index in [2.05, 4.69) is 22.3 Å². The number of hydrogen-bond donors (Lipinski definition) is 1. The molecule has 0 radical (unpaired) electrons. The summed E-state index contributed by atoms with van der Waals surface area (Å²) in [5, 5.41) is 8.53. The molecule has 0 fully saturated rings. The van der Waals surface area contributed by atoms with Gasteiger partial charge in [-0.2, -0.15) is 5.10 Å². The molecule has 0 aliphatic carbocycles. The van der Waals surface area contributed by atoms with Gasteiger partial charge in [-0.15, -0.1) is 5.10 Å². The minimum Gasteiger partial charge on any atom is -0.377 e. The Kier molecular flexibility index (Phi) is 6.76. The van der Waals surface area contributed by atoms with Crippen molar-refractivity contribution in [3.63, 3.8) is 0 Å². The van der Waals surface area contributed by atoms with Gasteiger partial charge in [-0.3, -0.25) is 4.79 Å². The van der Waals surface area contributed by atoms with Crippen LogP contribution in [0.5, 0.6) is 0 Å². The third-order valence-electron chi connectivity index (χ3n) is 4.11. The first kappa shape index (κ1) is 19.6. The van der Waals surface area contributed by atoms with E-state index in [0.29, 0.717) is 10.7 Å². The minimum absolute atomic E-state index is 0.0613. The van der Waals surface area contributed by atoms with Crippen LogP contribution in [0, 0.1) is 0 Å². The molecule has 0 aromatic heterocycles. The van der Waals surface area contributed by atoms with E-state index in [0.717, 1.165) is 22.4 Å². The predicted molar refractivity (Wildman–Crippen MR) is 119 cm³/mol. The highest BCUT2D eigenvalue weighted by Gasteiger charge is 2.02. The highest BCUT2D eigenvalue weighted by atomic mass is 32.2. The minimum atomic E-state index is 0.0613. The molecule has 0 amide bonds. The number of ketones is 1. The van der Waals surface area contributed by atoms with Crippen LogP contribution in [0.3, 0.4) is 0 Å². The van der Waals surface area contributed by atoms with Crippen molar-refractivity contribution < 1.29 is 4.79 Å². The Morgan fingerprint density at radius 1 is 0.964 bits per heavy atom. The fourth-order valence-electron chi connectivity index (χ4n) is 2.59. The lowest BCUT2D eigenvalue weighted by atomic mass is 10.0. The fourth-order valence-corrected chi connectivity index (χ4v) is 3.20. The number of nitrogens with two attached hydrogens (primary N) is 1. The lowest BCUT2D eigenvalue weighted by molar-refractivity contribution is 0.101. The molecule has 0 unspecified atom stereocenters. The topological polar surface area (TPSA) is 67.8 Å². The molecule has 0 heterocycles. The van der Waals surface area contributed by atoms with Gasteiger partial charge in [0.15, 0.2) is 11.0 Å². The highest BCUT2D eigenvalue weighted by Crippen LogP contribution is 2.21. The van der Waals surface area contributed by atoms with Crippen LogP contribution in [0.4, 0.5) is 0 Å². The molecular formula is C23H21N3OS. The monoisotopic (exact) mass is 387 g/mol. The molecular weight excluding hydrogens is 366 g/mol. The van der Waals surface area contributed by atoms with Gasteiger partial charge in [-0.05, 0) is 35.2 Å². The van der Waals surface area contributed by atoms with E-state index in [4.69, 9.17) is 5.73 Å². The summed E-state index contributed by atoms with van der Waals surface area (Å²) in [5.41, 5.74) is 10.8. The molecule has 0 bridgehead atoms. The number of nitrogens with zero attached hydrogens (tertiary/aromatic N) is 2. The summed E-state index contributed by atoms with van der Waals surface area (Å²) in [5.74, 6) is 0.825. The molecule has 0 aliphatic rings. The number of Topliss-reactive ketones (excluding diaryl/α,β-unsaturated/α-hetero) is 1. The number of carbonyl (C=O) groups is 1. The number of thioether (sulfide) groups is 1. The van der Waals surface area contributed by atoms with Crippen LogP contribution in [-0.2, 0) is 5.75 Å². The average molecular weight is 388 g/mol. The molecule has 140 valence electrons. The molecule has 0 saturated carbocycles. The molecule has 5 heteroatoms. The lowest BCUT2D eigenvalue weighted by Crippen LogP contribution is -2.05. The summed E-state index contributed by atoms with van der Waals surface area (Å²) in [4.78, 5) is 11.5. The van der Waals surface area contributed by atoms with Crippen LogP contribution < -0.4 is 5.73 Å². The first-order valence-corrected chi connectivity index (χ1v) is 9.85. The average Bonchev–Trinajstić information content (AvgIpc) is 2.73. The third kappa shape index (κ3) is 5.66. The van der Waals surface area contributed by atoms with E-state index in [1.54, 1.807) is 13.1 Å². The molecule has 3 aromatic carbocycles. The fraction of sp³-hybridized carbons (Fsp3) is 0.0870. The first-order valence-electron chi connectivity index (χ1n) is 8.86. The van der Waals surface area contributed by atoms with Gasteiger partial charge in [0.1, 0.15) is 0 Å². The van der Waals surface area contributed by atoms with Crippen LogP contribution in [-0.4, -0.2) is 17.2 Å². The van der Waals surface area contributed by atoms with Gasteiger partial charge in [0, 0.05) is 11.3 Å². The number of benzene rings is 3. The number of amidine groups is 1. The quantitative estimate of drug-likeness (QED) is 0.276. The number of hydrogen-bond acceptors (Lipinski definition) is 4. The van der Waals surface area contributed by atoms with Gasteiger partial charge in [0.25, 0.3) is 0 Å². The summed E-state index contributed by atoms with van der Waals surface area (Å²) in [6.07, 6.45) is 1.67. The molecule has 0 aliphatic heterocycles. The van der Waals surface area contributed by atoms with Crippen molar-refractivity contribution in [2.24, 2.45) is 15.9 Å². The Labute approximate surface area is 169 Å². The number of rotatable bonds is 6. The van der Waals surface area contributed by atoms with E-state index < -0.39 is 0 Å². The highest BCUT2D eigenvalue weighted by molar-refractivity contribution is 8.13. The predicted octanol–water partition coefficient (Wildman–Crippen LogP) is 5.14. The third-order valence-corrected chi connectivity index (χ3v) is 4.96. The van der Waals surface area contributed by atoms with E-state index in [1.165, 1.54) is 17.3 Å². The second-order valence-corrected chi connectivity index (χ2v) is 7.21. The van der Waals surface area contributed by atoms with Gasteiger partial charge in [0.2, 0.25) is 0 Å². The lowest BCUT2D eigenvalue weighted by Gasteiger charge is -2.04. The Balaban J connectivity index is 1.60. The summed E-state index contributed by atoms with van der Waals surface area (Å²) in [7, 11) is 0. The van der Waals surface area contributed by atoms with Crippen LogP contribution in [0.15, 0.2) is 89.1 Å². The maximum absolute atomic E-state index is 11.5. The molecule has 3 rings (SSSR count). The summed E-state index contributed by atoms with van der Waals surface area (Å²) >= 11 is 1.45. The smallest absolute Gasteiger partial charge is 0.180 e. The van der Waals surface area contributed by atoms with Crippen molar-refractivity contribution in [3.05, 3.63) is 95.6 Å². The van der Waals surface area contributed by atoms with Crippen molar-refractivity contribution in [2.45, 2.75) is 12.7 Å². The van der Waals surface area contributed by atoms with Crippen molar-refractivity contribution in [2.75, 3.05) is 0 Å². The van der Waals surface area contributed by atoms with Gasteiger partial charge in [-0.1, -0.05) is 84.6 Å². The maximum Gasteiger partial charge on any atom is 0.180 e. The largest absolute Gasteiger partial charge is 0.377 e. The number of carbonyl (C=O) groups excluding carboxylic acids is 1. The molecule has 0 spiro atoms. The molecule has 4 nitrogen and oxygen atoms in total. The van der Waals surface area contributed by atoms with Crippen molar-refractivity contribution in [1.82, 2.24) is 0 Å². The van der Waals surface area contributed by atoms with Crippen LogP contribution in [0.2, 0.25) is 0 Å². The van der Waals surface area contributed by atoms with Gasteiger partial charge >= 0.3 is 0 Å². The normalized spacial score (nSPS) is 11.7. The molecule has 28 heavy (non-hydrogen) atoms. The van der Waals surface area contributed by atoms with Crippen molar-refractivity contribution in [3.8, 4) is 11.1 Å². The van der Waals surface area contributed by atoms with E-state index in [1.807, 2.05) is 66.7 Å². The summed E-state index contributed by atoms with van der Waals surface area (Å²) < 4.78 is 0. The molecule has 0 saturated heterocycles. The van der Waals surface area contributed by atoms with E-state index in [-0.39, 0.29) is 5.78 Å². The summed E-state index contributed by atoms with van der Waals surface area (Å²) in [6, 6.07) is 25.6. The Hall–Kier alpha value is -3.18. The van der Waals surface area contributed by atoms with Gasteiger partial charge in [-0.25, -0.2) is 0 Å². The molecule has 2 N–H and O–H groups in total. The zero-order valence-electron chi connectivity index (χ0n) is 15.6. The summed E-state index contributed by atoms with van der Waals surface area (Å²) in [6.45, 7) is 1.57. The standard InChI is InChI=1S/C23H21N3OS/c1-17(27)21-8-5-9-22(14-21)20-12-10-18(11-13-20)15-25-26-23(24)28-16-19-6-3-2-4-7-19/h2-15H,16H2,1H3,(H2,24,26). The second kappa shape index (κ2) is 9.67. The van der Waals surface area contributed by atoms with Crippen LogP contribution in [0.1, 0.15) is 28.4 Å². The van der Waals surface area contributed by atoms with Gasteiger partial charge < -0.3 is 5.73 Å². The molecule has 3 aromatic rings. The van der Waals surface area contributed by atoms with Crippen molar-refractivity contribution >= 4 is 28.9 Å². The Morgan fingerprint density at radius 2 is 1.71 bits per heavy atom. The van der Waals surface area contributed by atoms with Gasteiger partial charge in [0.05, 0.1) is 6.21 Å². The SMILES string of the molecule is CC(=O)c1cccc(-c2ccc(C=NN=C(N)SCc3ccccc3)cc2)c1. The zero-order valence-corrected chi connectivity index (χ0v) is 16.4. The Morgan fingerprint density at radius 3 is 2.43 bits per heavy atom. The first-order chi connectivity index (χ1) is 13.6. The zero-order chi connectivity index (χ0) is 19.8. The van der Waals surface area contributed by atoms with E-state index >= 15 is 0 Å².